The lowest BCUT2D eigenvalue weighted by molar-refractivity contribution is 0.0951. The third-order valence-electron chi connectivity index (χ3n) is 2.68. The second-order valence-corrected chi connectivity index (χ2v) is 4.08. The number of fused-ring (bicyclic) bond motifs is 1. The van der Waals surface area contributed by atoms with Crippen LogP contribution in [-0.4, -0.2) is 26.5 Å². The standard InChI is InChI=1S/C14H11N5O/c20-14(18-16-8-11-4-2-1-3-5-11)12-10-19-7-6-15-9-13(19)17-12/h1-10H,(H,18,20)/b16-8+. The highest BCUT2D eigenvalue weighted by Crippen LogP contribution is 2.02. The second-order valence-electron chi connectivity index (χ2n) is 4.08. The maximum atomic E-state index is 11.9. The Morgan fingerprint density at radius 2 is 2.15 bits per heavy atom. The van der Waals surface area contributed by atoms with Crippen molar-refractivity contribution in [3.05, 3.63) is 66.4 Å². The van der Waals surface area contributed by atoms with Gasteiger partial charge in [0, 0.05) is 18.6 Å². The highest BCUT2D eigenvalue weighted by molar-refractivity contribution is 5.93. The van der Waals surface area contributed by atoms with Crippen LogP contribution in [-0.2, 0) is 0 Å². The molecule has 6 heteroatoms. The first-order valence-corrected chi connectivity index (χ1v) is 6.00. The van der Waals surface area contributed by atoms with Crippen molar-refractivity contribution in [2.45, 2.75) is 0 Å². The Bertz CT molecular complexity index is 730. The second kappa shape index (κ2) is 5.31. The molecule has 20 heavy (non-hydrogen) atoms. The summed E-state index contributed by atoms with van der Waals surface area (Å²) < 4.78 is 1.73. The summed E-state index contributed by atoms with van der Waals surface area (Å²) in [6.07, 6.45) is 8.15. The molecule has 0 bridgehead atoms. The zero-order valence-corrected chi connectivity index (χ0v) is 10.5. The monoisotopic (exact) mass is 265 g/mol. The van der Waals surface area contributed by atoms with E-state index in [1.54, 1.807) is 35.4 Å². The molecule has 1 amide bonds. The number of carbonyl (C=O) groups excluding carboxylic acids is 1. The molecule has 2 aromatic heterocycles. The third-order valence-corrected chi connectivity index (χ3v) is 2.68. The van der Waals surface area contributed by atoms with Gasteiger partial charge in [0.05, 0.1) is 12.4 Å². The van der Waals surface area contributed by atoms with E-state index in [2.05, 4.69) is 20.5 Å². The van der Waals surface area contributed by atoms with Crippen molar-refractivity contribution in [3.8, 4) is 0 Å². The predicted molar refractivity (Wildman–Crippen MR) is 74.5 cm³/mol. The summed E-state index contributed by atoms with van der Waals surface area (Å²) in [5, 5.41) is 3.90. The van der Waals surface area contributed by atoms with E-state index in [1.807, 2.05) is 30.3 Å². The highest BCUT2D eigenvalue weighted by Gasteiger charge is 2.09. The number of hydrogen-bond acceptors (Lipinski definition) is 4. The van der Waals surface area contributed by atoms with Crippen LogP contribution in [0.3, 0.4) is 0 Å². The van der Waals surface area contributed by atoms with Gasteiger partial charge in [0.2, 0.25) is 0 Å². The molecule has 0 aliphatic heterocycles. The zero-order valence-electron chi connectivity index (χ0n) is 10.5. The number of imidazole rings is 1. The summed E-state index contributed by atoms with van der Waals surface area (Å²) >= 11 is 0. The van der Waals surface area contributed by atoms with Crippen LogP contribution in [0.25, 0.3) is 5.65 Å². The number of rotatable bonds is 3. The Hall–Kier alpha value is -3.02. The molecule has 0 atom stereocenters. The minimum Gasteiger partial charge on any atom is -0.303 e. The van der Waals surface area contributed by atoms with Crippen molar-refractivity contribution in [3.63, 3.8) is 0 Å². The lowest BCUT2D eigenvalue weighted by Gasteiger charge is -1.94. The molecule has 0 aliphatic carbocycles. The Labute approximate surface area is 114 Å². The van der Waals surface area contributed by atoms with Crippen LogP contribution in [0.1, 0.15) is 16.1 Å². The average Bonchev–Trinajstić information content (AvgIpc) is 2.92. The van der Waals surface area contributed by atoms with Crippen LogP contribution in [0.2, 0.25) is 0 Å². The van der Waals surface area contributed by atoms with Crippen LogP contribution in [0.15, 0.2) is 60.2 Å². The summed E-state index contributed by atoms with van der Waals surface area (Å²) in [7, 11) is 0. The molecular weight excluding hydrogens is 254 g/mol. The number of amides is 1. The average molecular weight is 265 g/mol. The number of nitrogens with one attached hydrogen (secondary N) is 1. The van der Waals surface area contributed by atoms with Crippen molar-refractivity contribution in [2.24, 2.45) is 5.10 Å². The molecule has 0 spiro atoms. The number of carbonyl (C=O) groups is 1. The van der Waals surface area contributed by atoms with E-state index >= 15 is 0 Å². The smallest absolute Gasteiger partial charge is 0.291 e. The van der Waals surface area contributed by atoms with E-state index in [1.165, 1.54) is 0 Å². The van der Waals surface area contributed by atoms with Crippen LogP contribution >= 0.6 is 0 Å². The van der Waals surface area contributed by atoms with Gasteiger partial charge < -0.3 is 4.40 Å². The first-order valence-electron chi connectivity index (χ1n) is 6.00. The summed E-state index contributed by atoms with van der Waals surface area (Å²) in [4.78, 5) is 20.0. The predicted octanol–water partition coefficient (Wildman–Crippen LogP) is 1.49. The molecule has 1 N–H and O–H groups in total. The number of nitrogens with zero attached hydrogens (tertiary/aromatic N) is 4. The lowest BCUT2D eigenvalue weighted by atomic mass is 10.2. The number of benzene rings is 1. The zero-order chi connectivity index (χ0) is 13.8. The van der Waals surface area contributed by atoms with Gasteiger partial charge in [-0.1, -0.05) is 30.3 Å². The van der Waals surface area contributed by atoms with Crippen molar-refractivity contribution in [1.82, 2.24) is 19.8 Å². The molecule has 0 radical (unpaired) electrons. The number of aromatic nitrogens is 3. The Morgan fingerprint density at radius 3 is 2.95 bits per heavy atom. The van der Waals surface area contributed by atoms with Gasteiger partial charge in [-0.3, -0.25) is 9.78 Å². The van der Waals surface area contributed by atoms with Gasteiger partial charge >= 0.3 is 0 Å². The molecule has 0 aliphatic rings. The van der Waals surface area contributed by atoms with Gasteiger partial charge in [0.25, 0.3) is 5.91 Å². The highest BCUT2D eigenvalue weighted by atomic mass is 16.2. The SMILES string of the molecule is O=C(N/N=C/c1ccccc1)c1cn2ccncc2n1. The van der Waals surface area contributed by atoms with Crippen LogP contribution in [0.4, 0.5) is 0 Å². The summed E-state index contributed by atoms with van der Waals surface area (Å²) in [6.45, 7) is 0. The first-order chi connectivity index (χ1) is 9.83. The van der Waals surface area contributed by atoms with Gasteiger partial charge in [0.1, 0.15) is 5.69 Å². The molecule has 98 valence electrons. The van der Waals surface area contributed by atoms with E-state index in [4.69, 9.17) is 0 Å². The van der Waals surface area contributed by atoms with E-state index in [-0.39, 0.29) is 5.91 Å². The molecule has 0 fully saturated rings. The quantitative estimate of drug-likeness (QED) is 0.576. The minimum absolute atomic E-state index is 0.295. The Kier molecular flexibility index (Phi) is 3.20. The molecule has 3 aromatic rings. The van der Waals surface area contributed by atoms with Gasteiger partial charge in [0.15, 0.2) is 5.65 Å². The maximum Gasteiger partial charge on any atom is 0.291 e. The van der Waals surface area contributed by atoms with Gasteiger partial charge in [-0.2, -0.15) is 5.10 Å². The van der Waals surface area contributed by atoms with E-state index in [9.17, 15) is 4.79 Å². The molecular formula is C14H11N5O. The largest absolute Gasteiger partial charge is 0.303 e. The van der Waals surface area contributed by atoms with E-state index in [0.717, 1.165) is 5.56 Å². The van der Waals surface area contributed by atoms with E-state index in [0.29, 0.717) is 11.3 Å². The summed E-state index contributed by atoms with van der Waals surface area (Å²) in [5.41, 5.74) is 4.26. The van der Waals surface area contributed by atoms with Gasteiger partial charge in [-0.05, 0) is 5.56 Å². The molecule has 2 heterocycles. The Morgan fingerprint density at radius 1 is 1.30 bits per heavy atom. The summed E-state index contributed by atoms with van der Waals surface area (Å²) in [6, 6.07) is 9.51. The van der Waals surface area contributed by atoms with Gasteiger partial charge in [-0.25, -0.2) is 10.4 Å². The molecule has 0 unspecified atom stereocenters. The molecule has 1 aromatic carbocycles. The van der Waals surface area contributed by atoms with Crippen LogP contribution < -0.4 is 5.43 Å². The third kappa shape index (κ3) is 2.54. The van der Waals surface area contributed by atoms with Crippen molar-refractivity contribution in [2.75, 3.05) is 0 Å². The van der Waals surface area contributed by atoms with Gasteiger partial charge in [-0.15, -0.1) is 0 Å². The van der Waals surface area contributed by atoms with Crippen molar-refractivity contribution < 1.29 is 4.79 Å². The first kappa shape index (κ1) is 12.0. The van der Waals surface area contributed by atoms with Crippen molar-refractivity contribution >= 4 is 17.8 Å². The fourth-order valence-electron chi connectivity index (χ4n) is 1.71. The topological polar surface area (TPSA) is 71.7 Å². The van der Waals surface area contributed by atoms with E-state index < -0.39 is 0 Å². The fourth-order valence-corrected chi connectivity index (χ4v) is 1.71. The summed E-state index contributed by atoms with van der Waals surface area (Å²) in [5.74, 6) is -0.360. The number of hydrogen-bond donors (Lipinski definition) is 1. The molecule has 0 saturated carbocycles. The molecule has 0 saturated heterocycles. The van der Waals surface area contributed by atoms with Crippen LogP contribution in [0, 0.1) is 0 Å². The number of hydrazone groups is 1. The normalized spacial score (nSPS) is 11.0. The Balaban J connectivity index is 1.71. The molecule has 6 nitrogen and oxygen atoms in total. The van der Waals surface area contributed by atoms with Crippen molar-refractivity contribution in [1.29, 1.82) is 0 Å². The molecule has 3 rings (SSSR count). The fraction of sp³-hybridized carbons (Fsp3) is 0. The van der Waals surface area contributed by atoms with Crippen LogP contribution in [0.5, 0.6) is 0 Å². The maximum absolute atomic E-state index is 11.9. The lowest BCUT2D eigenvalue weighted by Crippen LogP contribution is -2.17. The minimum atomic E-state index is -0.360.